The van der Waals surface area contributed by atoms with Gasteiger partial charge in [-0.3, -0.25) is 4.79 Å². The Morgan fingerprint density at radius 1 is 0.543 bits per heavy atom. The van der Waals surface area contributed by atoms with Crippen LogP contribution in [0.1, 0.15) is 149 Å². The molecule has 0 aliphatic rings. The Hall–Kier alpha value is -2.43. The molecule has 0 radical (unpaired) electrons. The summed E-state index contributed by atoms with van der Waals surface area (Å²) in [5.41, 5.74) is 0. The van der Waals surface area contributed by atoms with E-state index in [2.05, 4.69) is 98.9 Å². The number of esters is 1. The molecular weight excluding hydrogens is 568 g/mol. The van der Waals surface area contributed by atoms with Crippen molar-refractivity contribution in [3.05, 3.63) is 85.1 Å². The Balaban J connectivity index is 3.62. The van der Waals surface area contributed by atoms with Gasteiger partial charge in [0, 0.05) is 13.0 Å². The highest BCUT2D eigenvalue weighted by Gasteiger charge is 2.13. The first-order valence-electron chi connectivity index (χ1n) is 18.7. The second kappa shape index (κ2) is 38.8. The molecule has 0 amide bonds. The van der Waals surface area contributed by atoms with Crippen molar-refractivity contribution in [3.63, 3.8) is 0 Å². The number of hydrogen-bond acceptors (Lipinski definition) is 4. The van der Waals surface area contributed by atoms with Crippen molar-refractivity contribution in [2.45, 2.75) is 155 Å². The summed E-state index contributed by atoms with van der Waals surface area (Å²) in [5, 5.41) is 9.52. The van der Waals surface area contributed by atoms with Crippen LogP contribution in [0, 0.1) is 0 Å². The molecule has 0 saturated heterocycles. The van der Waals surface area contributed by atoms with Gasteiger partial charge in [-0.15, -0.1) is 0 Å². The quantitative estimate of drug-likeness (QED) is 0.0441. The standard InChI is InChI=1S/C42H70O4/c1-3-5-7-9-11-13-14-15-16-17-18-19-20-21-22-23-24-25-26-27-28-29-31-33-35-37-42(44)46-41(39-43)40-45-38-36-34-32-30-12-10-8-6-4-2/h5,7,11,13,15-16,18-19,21-22,24-25,27-28,41,43H,3-4,6,8-10,12,14,17,20,23,26,29-40H2,1-2H3/b7-5-,13-11-,16-15-,19-18-,22-21-,25-24-,28-27-. The summed E-state index contributed by atoms with van der Waals surface area (Å²) in [6.07, 6.45) is 53.4. The maximum absolute atomic E-state index is 12.1. The van der Waals surface area contributed by atoms with Crippen LogP contribution in [0.5, 0.6) is 0 Å². The fourth-order valence-corrected chi connectivity index (χ4v) is 4.72. The summed E-state index contributed by atoms with van der Waals surface area (Å²) in [6.45, 7) is 5.16. The van der Waals surface area contributed by atoms with E-state index in [-0.39, 0.29) is 19.2 Å². The average molecular weight is 639 g/mol. The van der Waals surface area contributed by atoms with E-state index in [1.807, 2.05) is 0 Å². The second-order valence-electron chi connectivity index (χ2n) is 11.9. The van der Waals surface area contributed by atoms with Crippen LogP contribution in [-0.4, -0.2) is 37.0 Å². The van der Waals surface area contributed by atoms with Gasteiger partial charge in [0.1, 0.15) is 6.10 Å². The molecule has 1 unspecified atom stereocenters. The monoisotopic (exact) mass is 639 g/mol. The summed E-state index contributed by atoms with van der Waals surface area (Å²) in [7, 11) is 0. The van der Waals surface area contributed by atoms with Crippen LogP contribution in [-0.2, 0) is 14.3 Å². The Morgan fingerprint density at radius 3 is 1.46 bits per heavy atom. The number of carbonyl (C=O) groups is 1. The first kappa shape index (κ1) is 43.6. The number of hydrogen-bond donors (Lipinski definition) is 1. The minimum Gasteiger partial charge on any atom is -0.457 e. The molecule has 4 heteroatoms. The van der Waals surface area contributed by atoms with Crippen LogP contribution in [0.15, 0.2) is 85.1 Å². The Labute approximate surface area is 284 Å². The molecule has 262 valence electrons. The lowest BCUT2D eigenvalue weighted by molar-refractivity contribution is -0.154. The SMILES string of the molecule is CC/C=C\C/C=C\C/C=C\C/C=C\C/C=C\C/C=C\C/C=C\CCCCCC(=O)OC(CO)COCCCCCCCCCCC. The van der Waals surface area contributed by atoms with E-state index < -0.39 is 6.10 Å². The van der Waals surface area contributed by atoms with Crippen LogP contribution in [0.3, 0.4) is 0 Å². The Morgan fingerprint density at radius 2 is 0.978 bits per heavy atom. The van der Waals surface area contributed by atoms with Crippen LogP contribution < -0.4 is 0 Å². The van der Waals surface area contributed by atoms with E-state index in [0.29, 0.717) is 13.0 Å². The van der Waals surface area contributed by atoms with Crippen molar-refractivity contribution in [1.82, 2.24) is 0 Å². The van der Waals surface area contributed by atoms with Gasteiger partial charge in [-0.25, -0.2) is 0 Å². The third kappa shape index (κ3) is 36.0. The zero-order chi connectivity index (χ0) is 33.4. The summed E-state index contributed by atoms with van der Waals surface area (Å²) in [6, 6.07) is 0. The van der Waals surface area contributed by atoms with E-state index in [1.165, 1.54) is 51.4 Å². The largest absolute Gasteiger partial charge is 0.457 e. The van der Waals surface area contributed by atoms with Gasteiger partial charge in [-0.1, -0.05) is 157 Å². The molecule has 1 N–H and O–H groups in total. The highest BCUT2D eigenvalue weighted by atomic mass is 16.6. The number of aliphatic hydroxyl groups excluding tert-OH is 1. The van der Waals surface area contributed by atoms with Crippen molar-refractivity contribution < 1.29 is 19.4 Å². The van der Waals surface area contributed by atoms with Crippen molar-refractivity contribution in [1.29, 1.82) is 0 Å². The van der Waals surface area contributed by atoms with Gasteiger partial charge in [-0.05, 0) is 70.6 Å². The predicted octanol–water partition coefficient (Wildman–Crippen LogP) is 12.0. The minimum absolute atomic E-state index is 0.189. The van der Waals surface area contributed by atoms with Crippen molar-refractivity contribution >= 4 is 5.97 Å². The van der Waals surface area contributed by atoms with E-state index in [9.17, 15) is 9.90 Å². The maximum atomic E-state index is 12.1. The third-order valence-electron chi connectivity index (χ3n) is 7.48. The predicted molar refractivity (Wildman–Crippen MR) is 200 cm³/mol. The van der Waals surface area contributed by atoms with Crippen LogP contribution in [0.2, 0.25) is 0 Å². The molecule has 0 fully saturated rings. The molecule has 0 heterocycles. The van der Waals surface area contributed by atoms with Crippen LogP contribution >= 0.6 is 0 Å². The van der Waals surface area contributed by atoms with Gasteiger partial charge in [0.2, 0.25) is 0 Å². The molecule has 0 rings (SSSR count). The minimum atomic E-state index is -0.553. The van der Waals surface area contributed by atoms with Crippen LogP contribution in [0.4, 0.5) is 0 Å². The topological polar surface area (TPSA) is 55.8 Å². The number of allylic oxidation sites excluding steroid dienone is 14. The highest BCUT2D eigenvalue weighted by Crippen LogP contribution is 2.10. The van der Waals surface area contributed by atoms with Crippen molar-refractivity contribution in [3.8, 4) is 0 Å². The molecule has 1 atom stereocenters. The summed E-state index contributed by atoms with van der Waals surface area (Å²) < 4.78 is 11.0. The number of carbonyl (C=O) groups excluding carboxylic acids is 1. The smallest absolute Gasteiger partial charge is 0.306 e. The van der Waals surface area contributed by atoms with Gasteiger partial charge >= 0.3 is 5.97 Å². The maximum Gasteiger partial charge on any atom is 0.306 e. The number of rotatable bonds is 33. The molecule has 4 nitrogen and oxygen atoms in total. The zero-order valence-electron chi connectivity index (χ0n) is 29.8. The fraction of sp³-hybridized carbons (Fsp3) is 0.643. The van der Waals surface area contributed by atoms with Crippen molar-refractivity contribution in [2.75, 3.05) is 19.8 Å². The molecule has 0 aromatic heterocycles. The molecule has 0 aromatic rings. The Kier molecular flexibility index (Phi) is 36.7. The van der Waals surface area contributed by atoms with Gasteiger partial charge in [0.05, 0.1) is 13.2 Å². The molecule has 46 heavy (non-hydrogen) atoms. The van der Waals surface area contributed by atoms with E-state index in [1.54, 1.807) is 0 Å². The van der Waals surface area contributed by atoms with E-state index in [4.69, 9.17) is 9.47 Å². The average Bonchev–Trinajstić information content (AvgIpc) is 3.06. The summed E-state index contributed by atoms with van der Waals surface area (Å²) in [5.74, 6) is -0.237. The Bertz CT molecular complexity index is 846. The molecule has 0 aromatic carbocycles. The normalized spacial score (nSPS) is 13.4. The van der Waals surface area contributed by atoms with Gasteiger partial charge in [0.15, 0.2) is 0 Å². The number of unbranched alkanes of at least 4 members (excludes halogenated alkanes) is 11. The highest BCUT2D eigenvalue weighted by molar-refractivity contribution is 5.69. The number of ether oxygens (including phenoxy) is 2. The molecule has 0 aliphatic carbocycles. The lowest BCUT2D eigenvalue weighted by Crippen LogP contribution is -2.27. The van der Waals surface area contributed by atoms with Gasteiger partial charge in [0.25, 0.3) is 0 Å². The number of aliphatic hydroxyl groups is 1. The lowest BCUT2D eigenvalue weighted by Gasteiger charge is -2.15. The first-order valence-corrected chi connectivity index (χ1v) is 18.7. The molecule has 0 spiro atoms. The molecule has 0 saturated carbocycles. The van der Waals surface area contributed by atoms with E-state index >= 15 is 0 Å². The summed E-state index contributed by atoms with van der Waals surface area (Å²) >= 11 is 0. The molecular formula is C42H70O4. The van der Waals surface area contributed by atoms with Crippen LogP contribution in [0.25, 0.3) is 0 Å². The first-order chi connectivity index (χ1) is 22.7. The van der Waals surface area contributed by atoms with Gasteiger partial charge < -0.3 is 14.6 Å². The summed E-state index contributed by atoms with van der Waals surface area (Å²) in [4.78, 5) is 12.1. The third-order valence-corrected chi connectivity index (χ3v) is 7.48. The van der Waals surface area contributed by atoms with E-state index in [0.717, 1.165) is 77.0 Å². The van der Waals surface area contributed by atoms with Crippen molar-refractivity contribution in [2.24, 2.45) is 0 Å². The fourth-order valence-electron chi connectivity index (χ4n) is 4.72. The zero-order valence-corrected chi connectivity index (χ0v) is 29.8. The molecule has 0 bridgehead atoms. The van der Waals surface area contributed by atoms with Gasteiger partial charge in [-0.2, -0.15) is 0 Å². The second-order valence-corrected chi connectivity index (χ2v) is 11.9. The molecule has 0 aliphatic heterocycles. The lowest BCUT2D eigenvalue weighted by atomic mass is 10.1.